The number of rotatable bonds is 5. The van der Waals surface area contributed by atoms with Crippen molar-refractivity contribution >= 4 is 14.7 Å². The molecule has 1 aromatic carbocycles. The summed E-state index contributed by atoms with van der Waals surface area (Å²) in [6.45, 7) is 2.28. The monoisotopic (exact) mass is 294 g/mol. The molecule has 0 atom stereocenters. The summed E-state index contributed by atoms with van der Waals surface area (Å²) in [6.07, 6.45) is 15.6. The molecule has 21 heavy (non-hydrogen) atoms. The van der Waals surface area contributed by atoms with Crippen molar-refractivity contribution in [2.24, 2.45) is 5.92 Å². The van der Waals surface area contributed by atoms with Crippen LogP contribution in [0.5, 0.6) is 0 Å². The topological polar surface area (TPSA) is 0 Å². The summed E-state index contributed by atoms with van der Waals surface area (Å²) in [5.41, 5.74) is 3.21. The lowest BCUT2D eigenvalue weighted by molar-refractivity contribution is 0.357. The smallest absolute Gasteiger partial charge is 0.0806 e. The Morgan fingerprint density at radius 3 is 2.71 bits per heavy atom. The molecule has 0 nitrogen and oxygen atoms in total. The number of hydrogen-bond donors (Lipinski definition) is 0. The van der Waals surface area contributed by atoms with E-state index in [2.05, 4.69) is 43.3 Å². The fourth-order valence-electron chi connectivity index (χ4n) is 3.70. The van der Waals surface area contributed by atoms with Gasteiger partial charge >= 0.3 is 0 Å². The number of allylic oxidation sites excluding steroid dienone is 4. The zero-order valence-electron chi connectivity index (χ0n) is 13.2. The molecule has 0 aliphatic heterocycles. The van der Waals surface area contributed by atoms with Crippen LogP contribution in [0.15, 0.2) is 47.2 Å². The van der Waals surface area contributed by atoms with Crippen LogP contribution in [0.2, 0.25) is 0 Å². The minimum absolute atomic E-state index is 0.882. The number of hydrogen-bond acceptors (Lipinski definition) is 0. The van der Waals surface area contributed by atoms with E-state index in [1.54, 1.807) is 21.5 Å². The minimum Gasteiger partial charge on any atom is -0.0806 e. The van der Waals surface area contributed by atoms with Crippen molar-refractivity contribution in [1.82, 2.24) is 0 Å². The molecule has 2 aliphatic carbocycles. The van der Waals surface area contributed by atoms with E-state index in [4.69, 9.17) is 0 Å². The number of benzene rings is 1. The Kier molecular flexibility index (Phi) is 5.13. The van der Waals surface area contributed by atoms with Crippen molar-refractivity contribution < 1.29 is 0 Å². The van der Waals surface area contributed by atoms with Crippen LogP contribution >= 0.6 is 0 Å². The van der Waals surface area contributed by atoms with E-state index in [-0.39, 0.29) is 0 Å². The summed E-state index contributed by atoms with van der Waals surface area (Å²) in [7, 11) is 0.882. The normalized spacial score (nSPS) is 19.5. The standard InChI is InChI=1S/C20H26Si/c1-2-17-12-8-14-19(17)21-20-13-7-6-11-18(20)15-16-9-4-3-5-10-16/h6-8,11-13,16H,2-5,9-10,14-15H2,1H3. The third-order valence-electron chi connectivity index (χ3n) is 4.95. The molecule has 1 saturated carbocycles. The van der Waals surface area contributed by atoms with Crippen LogP contribution < -0.4 is 5.19 Å². The first-order valence-electron chi connectivity index (χ1n) is 8.60. The van der Waals surface area contributed by atoms with E-state index in [1.165, 1.54) is 51.4 Å². The van der Waals surface area contributed by atoms with Crippen molar-refractivity contribution in [2.75, 3.05) is 0 Å². The third-order valence-corrected chi connectivity index (χ3v) is 6.53. The van der Waals surface area contributed by atoms with Crippen molar-refractivity contribution in [2.45, 2.75) is 58.3 Å². The second-order valence-corrected chi connectivity index (χ2v) is 7.85. The van der Waals surface area contributed by atoms with Crippen LogP contribution in [0.1, 0.15) is 57.4 Å². The molecule has 0 aromatic heterocycles. The Bertz CT molecular complexity index is 533. The van der Waals surface area contributed by atoms with Gasteiger partial charge in [-0.25, -0.2) is 0 Å². The van der Waals surface area contributed by atoms with Crippen LogP contribution in [0, 0.1) is 5.92 Å². The van der Waals surface area contributed by atoms with E-state index in [1.807, 2.05) is 0 Å². The molecule has 2 radical (unpaired) electrons. The van der Waals surface area contributed by atoms with Gasteiger partial charge in [0.05, 0.1) is 0 Å². The molecule has 1 heteroatoms. The molecule has 0 bridgehead atoms. The Balaban J connectivity index is 1.73. The van der Waals surface area contributed by atoms with E-state index in [0.29, 0.717) is 0 Å². The van der Waals surface area contributed by atoms with Crippen molar-refractivity contribution in [3.8, 4) is 0 Å². The minimum atomic E-state index is 0.882. The Morgan fingerprint density at radius 1 is 1.10 bits per heavy atom. The lowest BCUT2D eigenvalue weighted by Crippen LogP contribution is -2.23. The quantitative estimate of drug-likeness (QED) is 0.687. The van der Waals surface area contributed by atoms with Gasteiger partial charge in [0, 0.05) is 0 Å². The van der Waals surface area contributed by atoms with Gasteiger partial charge in [-0.1, -0.05) is 91.4 Å². The first kappa shape index (κ1) is 14.8. The van der Waals surface area contributed by atoms with Crippen molar-refractivity contribution in [3.63, 3.8) is 0 Å². The maximum Gasteiger partial charge on any atom is 0.117 e. The Morgan fingerprint density at radius 2 is 1.90 bits per heavy atom. The summed E-state index contributed by atoms with van der Waals surface area (Å²) < 4.78 is 0. The van der Waals surface area contributed by atoms with Gasteiger partial charge < -0.3 is 0 Å². The van der Waals surface area contributed by atoms with E-state index >= 15 is 0 Å². The van der Waals surface area contributed by atoms with Gasteiger partial charge in [-0.05, 0) is 30.7 Å². The SMILES string of the molecule is CCC1=C([Si]c2ccccc2CC2CCCCC2)CC=C1. The highest BCUT2D eigenvalue weighted by Gasteiger charge is 2.17. The molecule has 0 N–H and O–H groups in total. The van der Waals surface area contributed by atoms with Crippen molar-refractivity contribution in [3.05, 3.63) is 52.8 Å². The molecule has 110 valence electrons. The fourth-order valence-corrected chi connectivity index (χ4v) is 5.19. The molecule has 0 amide bonds. The summed E-state index contributed by atoms with van der Waals surface area (Å²) in [6, 6.07) is 9.20. The van der Waals surface area contributed by atoms with Crippen LogP contribution in [0.3, 0.4) is 0 Å². The van der Waals surface area contributed by atoms with E-state index in [0.717, 1.165) is 15.4 Å². The maximum atomic E-state index is 2.38. The Hall–Kier alpha value is -1.08. The molecule has 0 heterocycles. The predicted octanol–water partition coefficient (Wildman–Crippen LogP) is 4.76. The second-order valence-electron chi connectivity index (χ2n) is 6.45. The molecular weight excluding hydrogens is 268 g/mol. The zero-order chi connectivity index (χ0) is 14.5. The zero-order valence-corrected chi connectivity index (χ0v) is 14.2. The summed E-state index contributed by atoms with van der Waals surface area (Å²) in [5, 5.41) is 3.28. The van der Waals surface area contributed by atoms with Gasteiger partial charge in [0.2, 0.25) is 0 Å². The predicted molar refractivity (Wildman–Crippen MR) is 93.2 cm³/mol. The largest absolute Gasteiger partial charge is 0.117 e. The second kappa shape index (κ2) is 7.26. The summed E-state index contributed by atoms with van der Waals surface area (Å²) >= 11 is 0. The molecule has 2 aliphatic rings. The summed E-state index contributed by atoms with van der Waals surface area (Å²) in [5.74, 6) is 0.936. The first-order chi connectivity index (χ1) is 10.4. The average molecular weight is 295 g/mol. The third kappa shape index (κ3) is 3.77. The van der Waals surface area contributed by atoms with Gasteiger partial charge in [-0.3, -0.25) is 0 Å². The average Bonchev–Trinajstić information content (AvgIpc) is 2.97. The summed E-state index contributed by atoms with van der Waals surface area (Å²) in [4.78, 5) is 0. The molecule has 1 aromatic rings. The van der Waals surface area contributed by atoms with Crippen molar-refractivity contribution in [1.29, 1.82) is 0 Å². The highest BCUT2D eigenvalue weighted by atomic mass is 28.2. The van der Waals surface area contributed by atoms with Crippen LogP contribution in [-0.4, -0.2) is 9.52 Å². The molecule has 1 fully saturated rings. The Labute approximate surface area is 132 Å². The highest BCUT2D eigenvalue weighted by Crippen LogP contribution is 2.27. The molecule has 0 unspecified atom stereocenters. The molecule has 3 rings (SSSR count). The van der Waals surface area contributed by atoms with Gasteiger partial charge in [0.25, 0.3) is 0 Å². The van der Waals surface area contributed by atoms with Gasteiger partial charge in [-0.15, -0.1) is 0 Å². The van der Waals surface area contributed by atoms with Gasteiger partial charge in [-0.2, -0.15) is 0 Å². The lowest BCUT2D eigenvalue weighted by Gasteiger charge is -2.23. The highest BCUT2D eigenvalue weighted by molar-refractivity contribution is 6.61. The maximum absolute atomic E-state index is 2.38. The van der Waals surface area contributed by atoms with Crippen LogP contribution in [0.25, 0.3) is 0 Å². The molecule has 0 spiro atoms. The lowest BCUT2D eigenvalue weighted by atomic mass is 9.85. The van der Waals surface area contributed by atoms with Gasteiger partial charge in [0.15, 0.2) is 0 Å². The fraction of sp³-hybridized carbons (Fsp3) is 0.500. The van der Waals surface area contributed by atoms with E-state index in [9.17, 15) is 0 Å². The van der Waals surface area contributed by atoms with E-state index < -0.39 is 0 Å². The van der Waals surface area contributed by atoms with Crippen LogP contribution in [-0.2, 0) is 6.42 Å². The molecular formula is C20H26Si. The first-order valence-corrected chi connectivity index (χ1v) is 9.60. The molecule has 0 saturated heterocycles. The van der Waals surface area contributed by atoms with Gasteiger partial charge in [0.1, 0.15) is 9.52 Å². The van der Waals surface area contributed by atoms with Crippen LogP contribution in [0.4, 0.5) is 0 Å².